The zero-order valence-electron chi connectivity index (χ0n) is 50.2. The first-order chi connectivity index (χ1) is 44.5. The summed E-state index contributed by atoms with van der Waals surface area (Å²) in [5.41, 5.74) is 5.97. The molecule has 4 atom stereocenters. The molecule has 6 amide bonds. The number of halogens is 4. The van der Waals surface area contributed by atoms with Crippen LogP contribution in [0.25, 0.3) is 0 Å². The summed E-state index contributed by atoms with van der Waals surface area (Å²) in [6.45, 7) is 5.03. The van der Waals surface area contributed by atoms with Gasteiger partial charge in [0.2, 0.25) is 11.8 Å². The number of hydrogen-bond acceptors (Lipinski definition) is 18. The number of esters is 2. The summed E-state index contributed by atoms with van der Waals surface area (Å²) in [6.07, 6.45) is 6.02. The first-order valence-electron chi connectivity index (χ1n) is 29.8. The highest BCUT2D eigenvalue weighted by atomic mass is 35.5. The monoisotopic (exact) mass is 1330 g/mol. The smallest absolute Gasteiger partial charge is 0.338 e. The van der Waals surface area contributed by atoms with Crippen molar-refractivity contribution in [3.63, 3.8) is 0 Å². The van der Waals surface area contributed by atoms with Crippen molar-refractivity contribution < 1.29 is 47.0 Å². The number of benzene rings is 4. The molecule has 28 heteroatoms. The first kappa shape index (κ1) is 63.5. The van der Waals surface area contributed by atoms with Gasteiger partial charge in [-0.3, -0.25) is 39.2 Å². The first-order valence-corrected chi connectivity index (χ1v) is 32.3. The van der Waals surface area contributed by atoms with Crippen LogP contribution in [0.2, 0.25) is 10.0 Å². The van der Waals surface area contributed by atoms with Crippen LogP contribution in [0, 0.1) is 11.6 Å². The molecule has 2 aromatic heterocycles. The number of amides is 6. The van der Waals surface area contributed by atoms with Gasteiger partial charge in [0.05, 0.1) is 50.3 Å². The number of nitrogens with one attached hydrogen (secondary N) is 4. The Balaban J connectivity index is 0.000000178. The molecule has 0 unspecified atom stereocenters. The summed E-state index contributed by atoms with van der Waals surface area (Å²) in [5, 5.41) is 17.5. The van der Waals surface area contributed by atoms with Crippen molar-refractivity contribution in [2.45, 2.75) is 55.9 Å². The second-order valence-corrected chi connectivity index (χ2v) is 25.5. The van der Waals surface area contributed by atoms with Gasteiger partial charge >= 0.3 is 24.0 Å². The summed E-state index contributed by atoms with van der Waals surface area (Å²) in [6, 6.07) is 21.5. The Hall–Kier alpha value is -8.66. The van der Waals surface area contributed by atoms with E-state index < -0.39 is 35.7 Å². The molecule has 0 spiro atoms. The molecule has 22 nitrogen and oxygen atoms in total. The van der Waals surface area contributed by atoms with E-state index >= 15 is 0 Å². The quantitative estimate of drug-likeness (QED) is 0.0658. The number of piperazine rings is 2. The summed E-state index contributed by atoms with van der Waals surface area (Å²) in [4.78, 5) is 107. The fourth-order valence-electron chi connectivity index (χ4n) is 12.2. The molecule has 92 heavy (non-hydrogen) atoms. The normalized spacial score (nSPS) is 20.7. The van der Waals surface area contributed by atoms with Crippen molar-refractivity contribution in [3.05, 3.63) is 185 Å². The molecule has 1 saturated carbocycles. The molecule has 7 aliphatic rings. The van der Waals surface area contributed by atoms with E-state index in [1.807, 2.05) is 69.1 Å². The number of hydrogen-bond donors (Lipinski definition) is 4. The Labute approximate surface area is 546 Å². The fraction of sp³-hybridized carbons (Fsp3) is 0.344. The number of likely N-dealkylation sites (N-methyl/N-ethyl adjacent to an activating group) is 1. The number of carbonyl (C=O) groups is 6. The molecular weight excluding hydrogens is 1270 g/mol. The second-order valence-electron chi connectivity index (χ2n) is 22.9. The molecule has 4 saturated heterocycles. The van der Waals surface area contributed by atoms with Gasteiger partial charge in [0.25, 0.3) is 0 Å². The van der Waals surface area contributed by atoms with Gasteiger partial charge in [-0.2, -0.15) is 0 Å². The number of carbonyl (C=O) groups excluding carboxylic acids is 6. The fourth-order valence-corrected chi connectivity index (χ4v) is 13.9. The van der Waals surface area contributed by atoms with E-state index in [4.69, 9.17) is 42.7 Å². The highest BCUT2D eigenvalue weighted by molar-refractivity contribution is 7.12. The van der Waals surface area contributed by atoms with Gasteiger partial charge in [-0.25, -0.2) is 37.9 Å². The zero-order chi connectivity index (χ0) is 64.3. The average Bonchev–Trinajstić information content (AvgIpc) is 1.08. The van der Waals surface area contributed by atoms with Crippen LogP contribution in [0.4, 0.5) is 29.7 Å². The van der Waals surface area contributed by atoms with Crippen molar-refractivity contribution in [1.29, 1.82) is 0 Å². The van der Waals surface area contributed by atoms with Crippen molar-refractivity contribution in [3.8, 4) is 0 Å². The molecule has 6 aliphatic heterocycles. The zero-order valence-corrected chi connectivity index (χ0v) is 53.4. The van der Waals surface area contributed by atoms with Gasteiger partial charge in [0.1, 0.15) is 23.7 Å². The maximum absolute atomic E-state index is 14.0. The number of fused-ring (bicyclic) bond motifs is 2. The minimum absolute atomic E-state index is 0.0183. The number of methoxy groups -OCH3 is 2. The van der Waals surface area contributed by atoms with E-state index in [-0.39, 0.29) is 63.6 Å². The Morgan fingerprint density at radius 1 is 0.609 bits per heavy atom. The molecule has 0 bridgehead atoms. The van der Waals surface area contributed by atoms with E-state index in [2.05, 4.69) is 41.0 Å². The largest absolute Gasteiger partial charge is 0.466 e. The van der Waals surface area contributed by atoms with Gasteiger partial charge in [-0.15, -0.1) is 22.7 Å². The van der Waals surface area contributed by atoms with Crippen LogP contribution in [0.5, 0.6) is 0 Å². The van der Waals surface area contributed by atoms with Crippen LogP contribution < -0.4 is 31.1 Å². The van der Waals surface area contributed by atoms with Gasteiger partial charge < -0.3 is 40.5 Å². The topological polar surface area (TPSA) is 239 Å². The molecule has 4 aromatic carbocycles. The number of ether oxygens (including phenoxy) is 2. The van der Waals surface area contributed by atoms with E-state index in [9.17, 15) is 37.5 Å². The van der Waals surface area contributed by atoms with Gasteiger partial charge in [-0.05, 0) is 72.5 Å². The summed E-state index contributed by atoms with van der Waals surface area (Å²) in [7, 11) is 4.21. The second kappa shape index (κ2) is 27.7. The van der Waals surface area contributed by atoms with E-state index in [0.717, 1.165) is 35.3 Å². The predicted molar refractivity (Wildman–Crippen MR) is 345 cm³/mol. The maximum atomic E-state index is 14.0. The van der Waals surface area contributed by atoms with Gasteiger partial charge in [0.15, 0.2) is 21.7 Å². The average molecular weight is 1330 g/mol. The third kappa shape index (κ3) is 13.9. The molecule has 0 radical (unpaired) electrons. The van der Waals surface area contributed by atoms with Crippen LogP contribution in [-0.2, 0) is 41.5 Å². The van der Waals surface area contributed by atoms with E-state index in [1.54, 1.807) is 29.2 Å². The van der Waals surface area contributed by atoms with Crippen LogP contribution in [0.1, 0.15) is 57.2 Å². The lowest BCUT2D eigenvalue weighted by Gasteiger charge is -2.38. The third-order valence-corrected chi connectivity index (χ3v) is 19.1. The van der Waals surface area contributed by atoms with Crippen LogP contribution in [0.15, 0.2) is 141 Å². The molecule has 13 rings (SSSR count). The van der Waals surface area contributed by atoms with Crippen LogP contribution in [-0.4, -0.2) is 182 Å². The summed E-state index contributed by atoms with van der Waals surface area (Å²) >= 11 is 15.8. The highest BCUT2D eigenvalue weighted by Crippen LogP contribution is 2.40. The number of anilines is 2. The molecular formula is C64H64Cl2F2N14O8S2. The Bertz CT molecular complexity index is 3950. The Morgan fingerprint density at radius 3 is 1.42 bits per heavy atom. The van der Waals surface area contributed by atoms with Crippen molar-refractivity contribution in [1.82, 2.24) is 50.8 Å². The minimum Gasteiger partial charge on any atom is -0.466 e. The van der Waals surface area contributed by atoms with E-state index in [1.165, 1.54) is 73.3 Å². The summed E-state index contributed by atoms with van der Waals surface area (Å²) in [5.74, 6) is -1.26. The van der Waals surface area contributed by atoms with Gasteiger partial charge in [-0.1, -0.05) is 59.6 Å². The van der Waals surface area contributed by atoms with Crippen molar-refractivity contribution in [2.75, 3.05) is 96.5 Å². The number of thiazole rings is 2. The van der Waals surface area contributed by atoms with E-state index in [0.29, 0.717) is 122 Å². The Kier molecular flexibility index (Phi) is 19.1. The van der Waals surface area contributed by atoms with Crippen LogP contribution >= 0.6 is 45.9 Å². The number of urea groups is 2. The molecule has 5 fully saturated rings. The number of aromatic nitrogens is 2. The molecule has 6 aromatic rings. The van der Waals surface area contributed by atoms with Gasteiger partial charge in [0, 0.05) is 146 Å². The maximum Gasteiger partial charge on any atom is 0.338 e. The number of rotatable bonds is 17. The SMILES string of the molecule is CNC(=O)Cc1ccc(N2C[C@@H]3CN(CC4=C(C(=O)OC)[C@H](c5ccc(F)cc5Cl)N=C(c5nccs5)N4)CCN3C2=O)cc1.COC(=O)C1=C(CN2CCN3C(=O)N(c4ccc(CC(=O)NC5CC5)cc4)C[C@@H]3C2)NC(c2nccs2)=N[C@H]1c1ccc(F)cc1Cl. The molecule has 8 heterocycles. The predicted octanol–water partition coefficient (Wildman–Crippen LogP) is 7.27. The standard InChI is InChI=1S/C33H33ClFN7O4S.C31H31ClFN7O4S/c1-46-32(44)28-26(38-30(31-36-10-13-47-31)39-29(28)24-9-4-20(35)15-25(24)34)18-40-11-12-41-23(16-40)17-42(33(41)45)22-7-2-19(3-8-22)14-27(43)37-21-5-6-21;1-34-25(41)13-18-3-6-20(7-4-18)40-16-21-15-38(10-11-39(21)31(40)43)17-24-26(30(42)44-2)27(22-8-5-19(33)14-23(22)32)37-28(36-24)29-35-9-12-45-29/h2-4,7-10,13,15,21,23,29H,5-6,11-12,14,16-18H2,1H3,(H,37,43)(H,38,39);3-9,12,14,21,27H,10-11,13,15-17H2,1-2H3,(H,34,41)(H,36,37)/t23-,29-;21-,27-/m00/s1. The van der Waals surface area contributed by atoms with Crippen molar-refractivity contribution >= 4 is 105 Å². The minimum atomic E-state index is -0.850. The Morgan fingerprint density at radius 2 is 1.04 bits per heavy atom. The number of nitrogens with zero attached hydrogens (tertiary/aromatic N) is 10. The lowest BCUT2D eigenvalue weighted by Crippen LogP contribution is -2.53. The molecule has 1 aliphatic carbocycles. The number of amidine groups is 2. The molecule has 478 valence electrons. The summed E-state index contributed by atoms with van der Waals surface area (Å²) < 4.78 is 38.4. The number of aliphatic imine (C=N–C) groups is 2. The third-order valence-electron chi connectivity index (χ3n) is 16.9. The van der Waals surface area contributed by atoms with Crippen molar-refractivity contribution in [2.24, 2.45) is 9.98 Å². The lowest BCUT2D eigenvalue weighted by molar-refractivity contribution is -0.137. The van der Waals surface area contributed by atoms with Crippen LogP contribution in [0.3, 0.4) is 0 Å². The molecule has 4 N–H and O–H groups in total. The highest BCUT2D eigenvalue weighted by Gasteiger charge is 2.45. The lowest BCUT2D eigenvalue weighted by atomic mass is 9.95.